The molecule has 0 spiro atoms. The Balaban J connectivity index is 1.97. The van der Waals surface area contributed by atoms with E-state index >= 15 is 0 Å². The van der Waals surface area contributed by atoms with E-state index in [1.807, 2.05) is 60.7 Å². The standard InChI is InChI=1S/C18H20N2O2/c21-18(22)20(13-14-11-19-12-14)17(15-7-3-1-4-8-15)16-9-5-2-6-10-16/h1-10,14,17,19H,11-13H2,(H,21,22). The van der Waals surface area contributed by atoms with Crippen LogP contribution in [0.1, 0.15) is 17.2 Å². The number of rotatable bonds is 5. The number of carbonyl (C=O) groups is 1. The Kier molecular flexibility index (Phi) is 4.39. The highest BCUT2D eigenvalue weighted by atomic mass is 16.4. The lowest BCUT2D eigenvalue weighted by molar-refractivity contribution is 0.114. The van der Waals surface area contributed by atoms with E-state index in [4.69, 9.17) is 0 Å². The largest absolute Gasteiger partial charge is 0.465 e. The second-order valence-corrected chi connectivity index (χ2v) is 5.68. The van der Waals surface area contributed by atoms with Gasteiger partial charge in [0.25, 0.3) is 0 Å². The third-order valence-corrected chi connectivity index (χ3v) is 4.11. The monoisotopic (exact) mass is 296 g/mol. The lowest BCUT2D eigenvalue weighted by Crippen LogP contribution is -2.50. The number of amides is 1. The zero-order valence-electron chi connectivity index (χ0n) is 12.4. The molecule has 0 bridgehead atoms. The summed E-state index contributed by atoms with van der Waals surface area (Å²) in [6, 6.07) is 19.4. The highest BCUT2D eigenvalue weighted by molar-refractivity contribution is 5.67. The summed E-state index contributed by atoms with van der Waals surface area (Å²) in [7, 11) is 0. The number of nitrogens with zero attached hydrogens (tertiary/aromatic N) is 1. The minimum Gasteiger partial charge on any atom is -0.465 e. The highest BCUT2D eigenvalue weighted by Gasteiger charge is 2.30. The third kappa shape index (κ3) is 3.12. The maximum absolute atomic E-state index is 11.9. The predicted molar refractivity (Wildman–Crippen MR) is 85.8 cm³/mol. The summed E-state index contributed by atoms with van der Waals surface area (Å²) >= 11 is 0. The summed E-state index contributed by atoms with van der Waals surface area (Å²) < 4.78 is 0. The molecule has 1 fully saturated rings. The van der Waals surface area contributed by atoms with Crippen molar-refractivity contribution in [1.29, 1.82) is 0 Å². The van der Waals surface area contributed by atoms with Gasteiger partial charge in [-0.15, -0.1) is 0 Å². The van der Waals surface area contributed by atoms with Crippen LogP contribution in [0.2, 0.25) is 0 Å². The van der Waals surface area contributed by atoms with E-state index < -0.39 is 6.09 Å². The van der Waals surface area contributed by atoms with Gasteiger partial charge in [-0.25, -0.2) is 4.79 Å². The minimum absolute atomic E-state index is 0.263. The second kappa shape index (κ2) is 6.62. The Labute approximate surface area is 130 Å². The molecule has 0 aliphatic carbocycles. The summed E-state index contributed by atoms with van der Waals surface area (Å²) in [5.41, 5.74) is 2.01. The Morgan fingerprint density at radius 2 is 1.55 bits per heavy atom. The molecule has 4 nitrogen and oxygen atoms in total. The van der Waals surface area contributed by atoms with Crippen molar-refractivity contribution in [1.82, 2.24) is 10.2 Å². The van der Waals surface area contributed by atoms with Gasteiger partial charge in [0.1, 0.15) is 0 Å². The Hall–Kier alpha value is -2.33. The fourth-order valence-corrected chi connectivity index (χ4v) is 2.87. The average molecular weight is 296 g/mol. The molecule has 114 valence electrons. The summed E-state index contributed by atoms with van der Waals surface area (Å²) in [6.45, 7) is 2.33. The first-order valence-corrected chi connectivity index (χ1v) is 7.56. The van der Waals surface area contributed by atoms with Gasteiger partial charge in [0.05, 0.1) is 6.04 Å². The molecule has 0 saturated carbocycles. The van der Waals surface area contributed by atoms with Crippen LogP contribution in [0.25, 0.3) is 0 Å². The molecule has 0 atom stereocenters. The van der Waals surface area contributed by atoms with Crippen LogP contribution in [0, 0.1) is 5.92 Å². The van der Waals surface area contributed by atoms with Crippen LogP contribution in [0.5, 0.6) is 0 Å². The van der Waals surface area contributed by atoms with E-state index in [1.54, 1.807) is 4.90 Å². The first-order valence-electron chi connectivity index (χ1n) is 7.56. The van der Waals surface area contributed by atoms with Gasteiger partial charge in [-0.05, 0) is 11.1 Å². The maximum Gasteiger partial charge on any atom is 0.408 e. The Bertz CT molecular complexity index is 572. The number of hydrogen-bond donors (Lipinski definition) is 2. The number of hydrogen-bond acceptors (Lipinski definition) is 2. The van der Waals surface area contributed by atoms with Crippen LogP contribution in [-0.4, -0.2) is 35.7 Å². The summed E-state index contributed by atoms with van der Waals surface area (Å²) in [5.74, 6) is 0.394. The first kappa shape index (κ1) is 14.6. The van der Waals surface area contributed by atoms with Gasteiger partial charge in [0.15, 0.2) is 0 Å². The van der Waals surface area contributed by atoms with Crippen molar-refractivity contribution in [2.75, 3.05) is 19.6 Å². The van der Waals surface area contributed by atoms with E-state index in [2.05, 4.69) is 5.32 Å². The van der Waals surface area contributed by atoms with E-state index in [-0.39, 0.29) is 6.04 Å². The quantitative estimate of drug-likeness (QED) is 0.892. The van der Waals surface area contributed by atoms with E-state index in [0.29, 0.717) is 12.5 Å². The van der Waals surface area contributed by atoms with Gasteiger partial charge >= 0.3 is 6.09 Å². The molecule has 2 aromatic carbocycles. The van der Waals surface area contributed by atoms with Gasteiger partial charge in [0, 0.05) is 25.6 Å². The molecule has 0 radical (unpaired) electrons. The Morgan fingerprint density at radius 1 is 1.05 bits per heavy atom. The molecule has 1 aliphatic rings. The van der Waals surface area contributed by atoms with Crippen LogP contribution >= 0.6 is 0 Å². The Morgan fingerprint density at radius 3 is 1.91 bits per heavy atom. The zero-order chi connectivity index (χ0) is 15.4. The zero-order valence-corrected chi connectivity index (χ0v) is 12.4. The normalized spacial score (nSPS) is 14.6. The molecular formula is C18H20N2O2. The molecule has 2 N–H and O–H groups in total. The van der Waals surface area contributed by atoms with Crippen molar-refractivity contribution in [2.45, 2.75) is 6.04 Å². The topological polar surface area (TPSA) is 52.6 Å². The van der Waals surface area contributed by atoms with Crippen molar-refractivity contribution in [3.8, 4) is 0 Å². The van der Waals surface area contributed by atoms with Gasteiger partial charge in [-0.2, -0.15) is 0 Å². The van der Waals surface area contributed by atoms with Crippen molar-refractivity contribution >= 4 is 6.09 Å². The van der Waals surface area contributed by atoms with Crippen molar-refractivity contribution in [2.24, 2.45) is 5.92 Å². The molecule has 3 rings (SSSR count). The second-order valence-electron chi connectivity index (χ2n) is 5.68. The van der Waals surface area contributed by atoms with E-state index in [1.165, 1.54) is 0 Å². The molecule has 0 unspecified atom stereocenters. The highest BCUT2D eigenvalue weighted by Crippen LogP contribution is 2.29. The molecule has 1 heterocycles. The van der Waals surface area contributed by atoms with Crippen LogP contribution < -0.4 is 5.32 Å². The van der Waals surface area contributed by atoms with Crippen LogP contribution in [0.15, 0.2) is 60.7 Å². The van der Waals surface area contributed by atoms with Gasteiger partial charge in [-0.1, -0.05) is 60.7 Å². The van der Waals surface area contributed by atoms with E-state index in [9.17, 15) is 9.90 Å². The SMILES string of the molecule is O=C(O)N(CC1CNC1)C(c1ccccc1)c1ccccc1. The smallest absolute Gasteiger partial charge is 0.408 e. The van der Waals surface area contributed by atoms with Crippen LogP contribution in [0.4, 0.5) is 4.79 Å². The number of carboxylic acid groups (broad SMARTS) is 1. The maximum atomic E-state index is 11.9. The molecule has 1 saturated heterocycles. The van der Waals surface area contributed by atoms with Gasteiger partial charge in [-0.3, -0.25) is 4.90 Å². The third-order valence-electron chi connectivity index (χ3n) is 4.11. The fourth-order valence-electron chi connectivity index (χ4n) is 2.87. The summed E-state index contributed by atoms with van der Waals surface area (Å²) in [6.07, 6.45) is -0.871. The number of benzene rings is 2. The van der Waals surface area contributed by atoms with Crippen molar-refractivity contribution < 1.29 is 9.90 Å². The lowest BCUT2D eigenvalue weighted by Gasteiger charge is -2.36. The van der Waals surface area contributed by atoms with Gasteiger partial charge < -0.3 is 10.4 Å². The molecule has 2 aromatic rings. The fraction of sp³-hybridized carbons (Fsp3) is 0.278. The number of nitrogens with one attached hydrogen (secondary N) is 1. The van der Waals surface area contributed by atoms with Crippen molar-refractivity contribution in [3.63, 3.8) is 0 Å². The molecule has 1 aliphatic heterocycles. The molecule has 22 heavy (non-hydrogen) atoms. The van der Waals surface area contributed by atoms with Crippen molar-refractivity contribution in [3.05, 3.63) is 71.8 Å². The first-order chi connectivity index (χ1) is 10.8. The molecular weight excluding hydrogens is 276 g/mol. The minimum atomic E-state index is -0.871. The van der Waals surface area contributed by atoms with E-state index in [0.717, 1.165) is 24.2 Å². The summed E-state index contributed by atoms with van der Waals surface area (Å²) in [4.78, 5) is 13.4. The van der Waals surface area contributed by atoms with Crippen LogP contribution in [-0.2, 0) is 0 Å². The van der Waals surface area contributed by atoms with Crippen LogP contribution in [0.3, 0.4) is 0 Å². The molecule has 4 heteroatoms. The predicted octanol–water partition coefficient (Wildman–Crippen LogP) is 2.98. The molecule has 0 aromatic heterocycles. The molecule has 1 amide bonds. The lowest BCUT2D eigenvalue weighted by atomic mass is 9.95. The van der Waals surface area contributed by atoms with Gasteiger partial charge in [0.2, 0.25) is 0 Å². The average Bonchev–Trinajstić information content (AvgIpc) is 2.51. The summed E-state index contributed by atoms with van der Waals surface area (Å²) in [5, 5.41) is 12.9.